The lowest BCUT2D eigenvalue weighted by Crippen LogP contribution is -2.22. The first-order chi connectivity index (χ1) is 2.77. The van der Waals surface area contributed by atoms with Gasteiger partial charge in [0.2, 0.25) is 0 Å². The second-order valence-electron chi connectivity index (χ2n) is 2.02. The summed E-state index contributed by atoms with van der Waals surface area (Å²) in [6.45, 7) is 0. The van der Waals surface area contributed by atoms with E-state index in [2.05, 4.69) is 12.6 Å². The quantitative estimate of drug-likeness (QED) is 0.462. The topological polar surface area (TPSA) is 26.0 Å². The van der Waals surface area contributed by atoms with Crippen LogP contribution >= 0.6 is 12.6 Å². The van der Waals surface area contributed by atoms with Crippen LogP contribution in [0.25, 0.3) is 0 Å². The molecule has 0 heterocycles. The van der Waals surface area contributed by atoms with Gasteiger partial charge in [0, 0.05) is 11.3 Å². The number of hydrogen-bond donors (Lipinski definition) is 2. The SMILES string of the molecule is NC1(CS)CC1. The average molecular weight is 103 g/mol. The van der Waals surface area contributed by atoms with Crippen molar-refractivity contribution in [3.63, 3.8) is 0 Å². The summed E-state index contributed by atoms with van der Waals surface area (Å²) >= 11 is 4.04. The smallest absolute Gasteiger partial charge is 0.0244 e. The predicted molar refractivity (Wildman–Crippen MR) is 30.0 cm³/mol. The Hall–Kier alpha value is 0.310. The molecule has 0 aromatic heterocycles. The van der Waals surface area contributed by atoms with Gasteiger partial charge in [0.15, 0.2) is 0 Å². The first kappa shape index (κ1) is 4.47. The van der Waals surface area contributed by atoms with Gasteiger partial charge in [-0.3, -0.25) is 0 Å². The zero-order valence-corrected chi connectivity index (χ0v) is 4.54. The molecular weight excluding hydrogens is 94.1 g/mol. The minimum Gasteiger partial charge on any atom is -0.324 e. The van der Waals surface area contributed by atoms with E-state index in [4.69, 9.17) is 5.73 Å². The highest BCUT2D eigenvalue weighted by Crippen LogP contribution is 2.32. The van der Waals surface area contributed by atoms with Crippen LogP contribution < -0.4 is 5.73 Å². The van der Waals surface area contributed by atoms with Crippen molar-refractivity contribution in [1.82, 2.24) is 0 Å². The molecule has 2 heteroatoms. The highest BCUT2D eigenvalue weighted by atomic mass is 32.1. The van der Waals surface area contributed by atoms with Crippen molar-refractivity contribution in [2.75, 3.05) is 5.75 Å². The Morgan fingerprint density at radius 2 is 2.17 bits per heavy atom. The monoisotopic (exact) mass is 103 g/mol. The number of rotatable bonds is 1. The fourth-order valence-electron chi connectivity index (χ4n) is 0.319. The van der Waals surface area contributed by atoms with Crippen molar-refractivity contribution in [1.29, 1.82) is 0 Å². The van der Waals surface area contributed by atoms with Gasteiger partial charge in [-0.15, -0.1) is 0 Å². The van der Waals surface area contributed by atoms with Crippen molar-refractivity contribution in [3.8, 4) is 0 Å². The summed E-state index contributed by atoms with van der Waals surface area (Å²) in [5.41, 5.74) is 5.73. The van der Waals surface area contributed by atoms with Gasteiger partial charge in [-0.25, -0.2) is 0 Å². The predicted octanol–water partition coefficient (Wildman–Crippen LogP) is 0.408. The molecule has 1 rings (SSSR count). The molecule has 0 radical (unpaired) electrons. The molecule has 0 amide bonds. The Labute approximate surface area is 43.3 Å². The van der Waals surface area contributed by atoms with E-state index >= 15 is 0 Å². The Kier molecular flexibility index (Phi) is 0.848. The van der Waals surface area contributed by atoms with Gasteiger partial charge in [0.25, 0.3) is 0 Å². The molecular formula is C4H9NS. The Balaban J connectivity index is 2.28. The van der Waals surface area contributed by atoms with Crippen LogP contribution in [-0.4, -0.2) is 11.3 Å². The summed E-state index contributed by atoms with van der Waals surface area (Å²) in [5, 5.41) is 0. The van der Waals surface area contributed by atoms with Gasteiger partial charge in [-0.2, -0.15) is 12.6 Å². The van der Waals surface area contributed by atoms with Gasteiger partial charge in [0.1, 0.15) is 0 Å². The van der Waals surface area contributed by atoms with Crippen LogP contribution in [0.3, 0.4) is 0 Å². The third-order valence-electron chi connectivity index (χ3n) is 1.21. The lowest BCUT2D eigenvalue weighted by molar-refractivity contribution is 0.778. The molecule has 0 saturated heterocycles. The van der Waals surface area contributed by atoms with Gasteiger partial charge in [-0.1, -0.05) is 0 Å². The van der Waals surface area contributed by atoms with Gasteiger partial charge in [-0.05, 0) is 12.8 Å². The molecule has 1 aliphatic carbocycles. The maximum absolute atomic E-state index is 5.57. The largest absolute Gasteiger partial charge is 0.324 e. The van der Waals surface area contributed by atoms with Crippen LogP contribution in [0, 0.1) is 0 Å². The van der Waals surface area contributed by atoms with Crippen molar-refractivity contribution in [3.05, 3.63) is 0 Å². The van der Waals surface area contributed by atoms with E-state index in [0.717, 1.165) is 5.75 Å². The molecule has 0 aromatic carbocycles. The highest BCUT2D eigenvalue weighted by Gasteiger charge is 2.36. The molecule has 0 aliphatic heterocycles. The second kappa shape index (κ2) is 1.14. The minimum atomic E-state index is 0.156. The number of hydrogen-bond acceptors (Lipinski definition) is 2. The van der Waals surface area contributed by atoms with E-state index in [1.165, 1.54) is 12.8 Å². The lowest BCUT2D eigenvalue weighted by Gasteiger charge is -1.97. The van der Waals surface area contributed by atoms with Crippen LogP contribution in [0.5, 0.6) is 0 Å². The molecule has 0 aromatic rings. The number of thiol groups is 1. The van der Waals surface area contributed by atoms with Crippen LogP contribution in [0.4, 0.5) is 0 Å². The van der Waals surface area contributed by atoms with E-state index in [1.54, 1.807) is 0 Å². The molecule has 1 saturated carbocycles. The summed E-state index contributed by atoms with van der Waals surface area (Å²) < 4.78 is 0. The molecule has 0 spiro atoms. The standard InChI is InChI=1S/C4H9NS/c5-4(3-6)1-2-4/h6H,1-3,5H2. The summed E-state index contributed by atoms with van der Waals surface area (Å²) in [6, 6.07) is 0. The number of nitrogens with two attached hydrogens (primary N) is 1. The third kappa shape index (κ3) is 0.684. The second-order valence-corrected chi connectivity index (χ2v) is 2.34. The highest BCUT2D eigenvalue weighted by molar-refractivity contribution is 7.80. The normalized spacial score (nSPS) is 27.0. The van der Waals surface area contributed by atoms with Crippen LogP contribution in [0.2, 0.25) is 0 Å². The van der Waals surface area contributed by atoms with Gasteiger partial charge >= 0.3 is 0 Å². The minimum absolute atomic E-state index is 0.156. The summed E-state index contributed by atoms with van der Waals surface area (Å²) in [7, 11) is 0. The maximum Gasteiger partial charge on any atom is 0.0244 e. The molecule has 0 unspecified atom stereocenters. The molecule has 1 nitrogen and oxygen atoms in total. The average Bonchev–Trinajstić information content (AvgIpc) is 2.22. The fourth-order valence-corrected chi connectivity index (χ4v) is 0.635. The maximum atomic E-state index is 5.57. The first-order valence-corrected chi connectivity index (χ1v) is 2.80. The zero-order valence-electron chi connectivity index (χ0n) is 3.65. The molecule has 1 fully saturated rings. The molecule has 0 bridgehead atoms. The van der Waals surface area contributed by atoms with E-state index in [9.17, 15) is 0 Å². The van der Waals surface area contributed by atoms with E-state index in [-0.39, 0.29) is 5.54 Å². The molecule has 36 valence electrons. The summed E-state index contributed by atoms with van der Waals surface area (Å²) in [5.74, 6) is 0.854. The Bertz CT molecular complexity index is 58.6. The van der Waals surface area contributed by atoms with Gasteiger partial charge < -0.3 is 5.73 Å². The summed E-state index contributed by atoms with van der Waals surface area (Å²) in [6.07, 6.45) is 2.35. The first-order valence-electron chi connectivity index (χ1n) is 2.17. The van der Waals surface area contributed by atoms with Crippen molar-refractivity contribution in [2.45, 2.75) is 18.4 Å². The van der Waals surface area contributed by atoms with Gasteiger partial charge in [0.05, 0.1) is 0 Å². The van der Waals surface area contributed by atoms with E-state index in [0.29, 0.717) is 0 Å². The van der Waals surface area contributed by atoms with Crippen LogP contribution in [-0.2, 0) is 0 Å². The fraction of sp³-hybridized carbons (Fsp3) is 1.00. The van der Waals surface area contributed by atoms with E-state index < -0.39 is 0 Å². The lowest BCUT2D eigenvalue weighted by atomic mass is 10.4. The Morgan fingerprint density at radius 3 is 2.17 bits per heavy atom. The van der Waals surface area contributed by atoms with Crippen molar-refractivity contribution in [2.24, 2.45) is 5.73 Å². The van der Waals surface area contributed by atoms with Crippen LogP contribution in [0.1, 0.15) is 12.8 Å². The van der Waals surface area contributed by atoms with E-state index in [1.807, 2.05) is 0 Å². The van der Waals surface area contributed by atoms with Crippen LogP contribution in [0.15, 0.2) is 0 Å². The molecule has 1 aliphatic rings. The zero-order chi connectivity index (χ0) is 4.62. The summed E-state index contributed by atoms with van der Waals surface area (Å²) in [4.78, 5) is 0. The van der Waals surface area contributed by atoms with Crippen molar-refractivity contribution >= 4 is 12.6 Å². The molecule has 6 heavy (non-hydrogen) atoms. The third-order valence-corrected chi connectivity index (χ3v) is 1.84. The Morgan fingerprint density at radius 1 is 1.67 bits per heavy atom. The molecule has 2 N–H and O–H groups in total. The molecule has 0 atom stereocenters. The van der Waals surface area contributed by atoms with Crippen molar-refractivity contribution < 1.29 is 0 Å².